The van der Waals surface area contributed by atoms with E-state index < -0.39 is 11.8 Å². The monoisotopic (exact) mass is 300 g/mol. The van der Waals surface area contributed by atoms with Crippen LogP contribution in [0.3, 0.4) is 0 Å². The quantitative estimate of drug-likeness (QED) is 0.473. The Morgan fingerprint density at radius 2 is 1.72 bits per heavy atom. The van der Waals surface area contributed by atoms with Crippen LogP contribution in [0.5, 0.6) is 0 Å². The number of thiocarbonyl (C=S) groups is 1. The molecule has 1 aliphatic heterocycles. The SMILES string of the molecule is O=C1NC(=S)NC(=O)C1=Cc1ccc(Cl)cc1Cl. The summed E-state index contributed by atoms with van der Waals surface area (Å²) in [6, 6.07) is 4.76. The first-order valence-corrected chi connectivity index (χ1v) is 5.97. The average Bonchev–Trinajstić information content (AvgIpc) is 2.25. The van der Waals surface area contributed by atoms with Crippen LogP contribution in [0.1, 0.15) is 5.56 Å². The minimum atomic E-state index is -0.560. The topological polar surface area (TPSA) is 58.2 Å². The van der Waals surface area contributed by atoms with E-state index in [2.05, 4.69) is 22.9 Å². The van der Waals surface area contributed by atoms with Crippen LogP contribution in [-0.4, -0.2) is 16.9 Å². The third kappa shape index (κ3) is 2.69. The molecule has 0 bridgehead atoms. The van der Waals surface area contributed by atoms with E-state index in [1.165, 1.54) is 12.1 Å². The highest BCUT2D eigenvalue weighted by molar-refractivity contribution is 7.80. The molecule has 0 saturated carbocycles. The van der Waals surface area contributed by atoms with E-state index in [9.17, 15) is 9.59 Å². The fourth-order valence-corrected chi connectivity index (χ4v) is 2.03. The third-order valence-electron chi connectivity index (χ3n) is 2.21. The van der Waals surface area contributed by atoms with Crippen LogP contribution in [-0.2, 0) is 9.59 Å². The summed E-state index contributed by atoms with van der Waals surface area (Å²) in [5.74, 6) is -1.12. The van der Waals surface area contributed by atoms with E-state index in [-0.39, 0.29) is 10.7 Å². The number of nitrogens with one attached hydrogen (secondary N) is 2. The van der Waals surface area contributed by atoms with E-state index in [4.69, 9.17) is 23.2 Å². The predicted octanol–water partition coefficient (Wildman–Crippen LogP) is 1.91. The van der Waals surface area contributed by atoms with Gasteiger partial charge in [0.2, 0.25) is 0 Å². The van der Waals surface area contributed by atoms with Gasteiger partial charge in [0, 0.05) is 10.0 Å². The second-order valence-corrected chi connectivity index (χ2v) is 4.71. The lowest BCUT2D eigenvalue weighted by Gasteiger charge is -2.16. The van der Waals surface area contributed by atoms with Crippen molar-refractivity contribution in [2.75, 3.05) is 0 Å². The van der Waals surface area contributed by atoms with Crippen LogP contribution in [0.25, 0.3) is 6.08 Å². The Morgan fingerprint density at radius 3 is 2.28 bits per heavy atom. The molecule has 2 rings (SSSR count). The standard InChI is InChI=1S/C11H6Cl2N2O2S/c12-6-2-1-5(8(13)4-6)3-7-9(16)14-11(18)15-10(7)17/h1-4H,(H2,14,15,16,17,18). The molecule has 0 radical (unpaired) electrons. The van der Waals surface area contributed by atoms with Crippen LogP contribution in [0.4, 0.5) is 0 Å². The minimum Gasteiger partial charge on any atom is -0.299 e. The number of halogens is 2. The van der Waals surface area contributed by atoms with Gasteiger partial charge in [-0.2, -0.15) is 0 Å². The molecule has 1 saturated heterocycles. The molecule has 7 heteroatoms. The maximum Gasteiger partial charge on any atom is 0.263 e. The molecule has 0 unspecified atom stereocenters. The Bertz CT molecular complexity index is 577. The summed E-state index contributed by atoms with van der Waals surface area (Å²) in [6.45, 7) is 0. The van der Waals surface area contributed by atoms with Gasteiger partial charge in [0.1, 0.15) is 5.57 Å². The lowest BCUT2D eigenvalue weighted by molar-refractivity contribution is -0.123. The number of rotatable bonds is 1. The molecular formula is C11H6Cl2N2O2S. The largest absolute Gasteiger partial charge is 0.299 e. The van der Waals surface area contributed by atoms with Gasteiger partial charge in [-0.15, -0.1) is 0 Å². The van der Waals surface area contributed by atoms with E-state index >= 15 is 0 Å². The number of hydrogen-bond donors (Lipinski definition) is 2. The highest BCUT2D eigenvalue weighted by Gasteiger charge is 2.25. The Morgan fingerprint density at radius 1 is 1.11 bits per heavy atom. The molecule has 1 aromatic carbocycles. The van der Waals surface area contributed by atoms with Crippen molar-refractivity contribution in [3.8, 4) is 0 Å². The highest BCUT2D eigenvalue weighted by Crippen LogP contribution is 2.23. The number of carbonyl (C=O) groups excluding carboxylic acids is 2. The van der Waals surface area contributed by atoms with Gasteiger partial charge in [-0.25, -0.2) is 0 Å². The zero-order valence-corrected chi connectivity index (χ0v) is 11.1. The fraction of sp³-hybridized carbons (Fsp3) is 0. The Labute approximate surface area is 118 Å². The maximum atomic E-state index is 11.6. The summed E-state index contributed by atoms with van der Waals surface area (Å²) in [4.78, 5) is 23.2. The van der Waals surface area contributed by atoms with Crippen LogP contribution in [0.2, 0.25) is 10.0 Å². The van der Waals surface area contributed by atoms with Crippen molar-refractivity contribution < 1.29 is 9.59 Å². The van der Waals surface area contributed by atoms with Gasteiger partial charge >= 0.3 is 0 Å². The second-order valence-electron chi connectivity index (χ2n) is 3.46. The molecule has 0 spiro atoms. The molecule has 0 aromatic heterocycles. The Kier molecular flexibility index (Phi) is 3.65. The molecule has 0 atom stereocenters. The van der Waals surface area contributed by atoms with Crippen LogP contribution in [0.15, 0.2) is 23.8 Å². The minimum absolute atomic E-state index is 0.00986. The number of hydrogen-bond acceptors (Lipinski definition) is 3. The smallest absolute Gasteiger partial charge is 0.263 e. The zero-order valence-electron chi connectivity index (χ0n) is 8.79. The number of amides is 2. The first kappa shape index (κ1) is 13.0. The average molecular weight is 301 g/mol. The second kappa shape index (κ2) is 5.06. The van der Waals surface area contributed by atoms with Crippen LogP contribution in [0, 0.1) is 0 Å². The van der Waals surface area contributed by atoms with Gasteiger partial charge in [0.05, 0.1) is 0 Å². The van der Waals surface area contributed by atoms with E-state index in [1.54, 1.807) is 12.1 Å². The molecular weight excluding hydrogens is 295 g/mol. The van der Waals surface area contributed by atoms with Gasteiger partial charge < -0.3 is 0 Å². The molecule has 2 N–H and O–H groups in total. The van der Waals surface area contributed by atoms with Crippen molar-refractivity contribution in [1.82, 2.24) is 10.6 Å². The molecule has 0 aliphatic carbocycles. The summed E-state index contributed by atoms with van der Waals surface area (Å²) >= 11 is 16.4. The molecule has 4 nitrogen and oxygen atoms in total. The van der Waals surface area contributed by atoms with Crippen molar-refractivity contribution in [2.45, 2.75) is 0 Å². The molecule has 92 valence electrons. The first-order chi connectivity index (χ1) is 8.47. The Hall–Kier alpha value is -1.43. The normalized spacial score (nSPS) is 15.2. The first-order valence-electron chi connectivity index (χ1n) is 4.81. The molecule has 2 amide bonds. The van der Waals surface area contributed by atoms with Crippen molar-refractivity contribution in [3.63, 3.8) is 0 Å². The lowest BCUT2D eigenvalue weighted by atomic mass is 10.1. The van der Waals surface area contributed by atoms with Crippen molar-refractivity contribution in [3.05, 3.63) is 39.4 Å². The summed E-state index contributed by atoms with van der Waals surface area (Å²) < 4.78 is 0. The van der Waals surface area contributed by atoms with Gasteiger partial charge in [0.25, 0.3) is 11.8 Å². The van der Waals surface area contributed by atoms with E-state index in [0.717, 1.165) is 0 Å². The van der Waals surface area contributed by atoms with E-state index in [0.29, 0.717) is 15.6 Å². The van der Waals surface area contributed by atoms with Crippen molar-refractivity contribution in [2.24, 2.45) is 0 Å². The van der Waals surface area contributed by atoms with Crippen molar-refractivity contribution in [1.29, 1.82) is 0 Å². The van der Waals surface area contributed by atoms with Crippen LogP contribution < -0.4 is 10.6 Å². The molecule has 1 heterocycles. The Balaban J connectivity index is 2.40. The molecule has 1 fully saturated rings. The van der Waals surface area contributed by atoms with E-state index in [1.807, 2.05) is 0 Å². The van der Waals surface area contributed by atoms with Crippen LogP contribution >= 0.6 is 35.4 Å². The molecule has 1 aliphatic rings. The number of carbonyl (C=O) groups is 2. The van der Waals surface area contributed by atoms with Gasteiger partial charge in [-0.05, 0) is 36.0 Å². The summed E-state index contributed by atoms with van der Waals surface area (Å²) in [6.07, 6.45) is 1.38. The summed E-state index contributed by atoms with van der Waals surface area (Å²) in [7, 11) is 0. The fourth-order valence-electron chi connectivity index (χ4n) is 1.38. The van der Waals surface area contributed by atoms with Gasteiger partial charge in [-0.1, -0.05) is 29.3 Å². The van der Waals surface area contributed by atoms with Gasteiger partial charge in [-0.3, -0.25) is 20.2 Å². The zero-order chi connectivity index (χ0) is 13.3. The highest BCUT2D eigenvalue weighted by atomic mass is 35.5. The summed E-state index contributed by atoms with van der Waals surface area (Å²) in [5.41, 5.74) is 0.460. The van der Waals surface area contributed by atoms with Crippen molar-refractivity contribution >= 4 is 58.4 Å². The summed E-state index contributed by atoms with van der Waals surface area (Å²) in [5, 5.41) is 5.48. The molecule has 1 aromatic rings. The number of benzene rings is 1. The van der Waals surface area contributed by atoms with Gasteiger partial charge in [0.15, 0.2) is 5.11 Å². The third-order valence-corrected chi connectivity index (χ3v) is 2.97. The lowest BCUT2D eigenvalue weighted by Crippen LogP contribution is -2.51. The predicted molar refractivity (Wildman–Crippen MR) is 73.3 cm³/mol. The maximum absolute atomic E-state index is 11.6. The molecule has 18 heavy (non-hydrogen) atoms.